The van der Waals surface area contributed by atoms with Crippen LogP contribution in [0.2, 0.25) is 0 Å². The van der Waals surface area contributed by atoms with Gasteiger partial charge in [0.1, 0.15) is 24.6 Å². The number of carbonyl (C=O) groups is 1. The third kappa shape index (κ3) is 4.92. The van der Waals surface area contributed by atoms with Crippen LogP contribution in [-0.2, 0) is 22.6 Å². The van der Waals surface area contributed by atoms with Crippen LogP contribution in [0.5, 0.6) is 5.75 Å². The molecule has 0 aliphatic heterocycles. The summed E-state index contributed by atoms with van der Waals surface area (Å²) in [6, 6.07) is 19.5. The summed E-state index contributed by atoms with van der Waals surface area (Å²) in [5.74, 6) is 0.0391. The molecule has 4 aromatic rings. The monoisotopic (exact) mass is 458 g/mol. The van der Waals surface area contributed by atoms with Crippen molar-refractivity contribution in [1.82, 2.24) is 0 Å². The highest BCUT2D eigenvalue weighted by Gasteiger charge is 2.14. The summed E-state index contributed by atoms with van der Waals surface area (Å²) in [7, 11) is 1.32. The molecule has 0 aliphatic rings. The van der Waals surface area contributed by atoms with Crippen molar-refractivity contribution in [1.29, 1.82) is 5.26 Å². The van der Waals surface area contributed by atoms with E-state index >= 15 is 0 Å². The number of methoxy groups -OCH3 is 1. The van der Waals surface area contributed by atoms with Crippen molar-refractivity contribution in [3.63, 3.8) is 0 Å². The van der Waals surface area contributed by atoms with Crippen LogP contribution in [0.4, 0.5) is 4.39 Å². The Labute approximate surface area is 196 Å². The van der Waals surface area contributed by atoms with Gasteiger partial charge in [-0.3, -0.25) is 4.79 Å². The molecule has 1 aromatic heterocycles. The number of hydrogen-bond donors (Lipinski definition) is 1. The van der Waals surface area contributed by atoms with Crippen LogP contribution in [-0.4, -0.2) is 19.8 Å². The highest BCUT2D eigenvalue weighted by molar-refractivity contribution is 5.93. The highest BCUT2D eigenvalue weighted by Crippen LogP contribution is 2.33. The van der Waals surface area contributed by atoms with E-state index in [1.165, 1.54) is 7.11 Å². The van der Waals surface area contributed by atoms with Crippen LogP contribution in [0.25, 0.3) is 22.1 Å². The molecule has 3 aromatic carbocycles. The molecule has 1 heterocycles. The van der Waals surface area contributed by atoms with E-state index in [1.54, 1.807) is 30.5 Å². The third-order valence-electron chi connectivity index (χ3n) is 5.56. The zero-order valence-corrected chi connectivity index (χ0v) is 18.6. The zero-order valence-electron chi connectivity index (χ0n) is 18.6. The number of ether oxygens (including phenoxy) is 2. The Hall–Kier alpha value is -4.15. The van der Waals surface area contributed by atoms with Crippen molar-refractivity contribution in [2.24, 2.45) is 5.73 Å². The van der Waals surface area contributed by atoms with Gasteiger partial charge in [0.05, 0.1) is 37.5 Å². The Morgan fingerprint density at radius 1 is 1.18 bits per heavy atom. The van der Waals surface area contributed by atoms with Gasteiger partial charge >= 0.3 is 5.97 Å². The number of esters is 1. The number of hydrogen-bond acceptors (Lipinski definition) is 6. The minimum absolute atomic E-state index is 0.0329. The summed E-state index contributed by atoms with van der Waals surface area (Å²) < 4.78 is 29.6. The smallest absolute Gasteiger partial charge is 0.310 e. The second kappa shape index (κ2) is 10.2. The number of carbonyl (C=O) groups excluding carboxylic acids is 1. The maximum Gasteiger partial charge on any atom is 0.310 e. The van der Waals surface area contributed by atoms with Crippen molar-refractivity contribution >= 4 is 16.9 Å². The summed E-state index contributed by atoms with van der Waals surface area (Å²) in [5, 5.41) is 10.1. The van der Waals surface area contributed by atoms with E-state index in [0.717, 1.165) is 22.1 Å². The number of benzene rings is 3. The molecular weight excluding hydrogens is 435 g/mol. The van der Waals surface area contributed by atoms with Gasteiger partial charge in [0.25, 0.3) is 0 Å². The summed E-state index contributed by atoms with van der Waals surface area (Å²) in [5.41, 5.74) is 10.9. The Bertz CT molecular complexity index is 1370. The first kappa shape index (κ1) is 23.0. The largest absolute Gasteiger partial charge is 0.489 e. The number of nitriles is 1. The van der Waals surface area contributed by atoms with Crippen molar-refractivity contribution in [2.75, 3.05) is 13.8 Å². The third-order valence-corrected chi connectivity index (χ3v) is 5.56. The first-order valence-electron chi connectivity index (χ1n) is 10.7. The van der Waals surface area contributed by atoms with Gasteiger partial charge in [-0.15, -0.1) is 0 Å². The Morgan fingerprint density at radius 3 is 2.79 bits per heavy atom. The van der Waals surface area contributed by atoms with E-state index in [-0.39, 0.29) is 13.0 Å². The van der Waals surface area contributed by atoms with Gasteiger partial charge in [-0.25, -0.2) is 4.39 Å². The van der Waals surface area contributed by atoms with Gasteiger partial charge in [0, 0.05) is 16.5 Å². The molecule has 0 saturated heterocycles. The van der Waals surface area contributed by atoms with E-state index in [4.69, 9.17) is 19.6 Å². The molecule has 6 nitrogen and oxygen atoms in total. The van der Waals surface area contributed by atoms with Crippen LogP contribution in [0.1, 0.15) is 28.3 Å². The number of fused-ring (bicyclic) bond motifs is 1. The normalized spacial score (nSPS) is 11.7. The lowest BCUT2D eigenvalue weighted by Gasteiger charge is -2.14. The maximum absolute atomic E-state index is 13.1. The van der Waals surface area contributed by atoms with Crippen LogP contribution in [0, 0.1) is 11.3 Å². The number of halogens is 1. The molecule has 172 valence electrons. The molecule has 0 aliphatic carbocycles. The molecule has 1 unspecified atom stereocenters. The SMILES string of the molecule is COC(=O)Cc1ccc(C#N)cc1OCc1cc(-c2cccc(C(N)CF)c2)c2occc2c1. The molecule has 0 spiro atoms. The van der Waals surface area contributed by atoms with Crippen LogP contribution in [0.3, 0.4) is 0 Å². The summed E-state index contributed by atoms with van der Waals surface area (Å²) in [6.07, 6.45) is 1.64. The van der Waals surface area contributed by atoms with Crippen LogP contribution < -0.4 is 10.5 Å². The number of alkyl halides is 1. The molecule has 0 radical (unpaired) electrons. The first-order chi connectivity index (χ1) is 16.5. The minimum atomic E-state index is -0.695. The van der Waals surface area contributed by atoms with Gasteiger partial charge in [-0.05, 0) is 53.1 Å². The molecule has 0 bridgehead atoms. The Morgan fingerprint density at radius 2 is 2.03 bits per heavy atom. The number of nitrogens with two attached hydrogens (primary N) is 1. The molecule has 1 atom stereocenters. The predicted octanol–water partition coefficient (Wildman–Crippen LogP) is 5.24. The van der Waals surface area contributed by atoms with E-state index in [2.05, 4.69) is 6.07 Å². The van der Waals surface area contributed by atoms with E-state index in [1.807, 2.05) is 36.4 Å². The number of rotatable bonds is 8. The quantitative estimate of drug-likeness (QED) is 0.363. The number of nitrogens with zero attached hydrogens (tertiary/aromatic N) is 1. The lowest BCUT2D eigenvalue weighted by Crippen LogP contribution is -2.11. The molecule has 0 fully saturated rings. The number of furan rings is 1. The summed E-state index contributed by atoms with van der Waals surface area (Å²) >= 11 is 0. The average molecular weight is 458 g/mol. The standard InChI is InChI=1S/C27H23FN2O4/c1-32-26(31)13-21-6-5-17(15-29)11-25(21)34-16-18-9-22-7-8-33-27(22)23(10-18)19-3-2-4-20(12-19)24(30)14-28/h2-12,24H,13-14,16,30H2,1H3. The summed E-state index contributed by atoms with van der Waals surface area (Å²) in [6.45, 7) is -0.454. The van der Waals surface area contributed by atoms with Crippen LogP contribution in [0.15, 0.2) is 71.3 Å². The highest BCUT2D eigenvalue weighted by atomic mass is 19.1. The first-order valence-corrected chi connectivity index (χ1v) is 10.7. The van der Waals surface area contributed by atoms with Gasteiger partial charge in [-0.2, -0.15) is 5.26 Å². The van der Waals surface area contributed by atoms with Crippen LogP contribution >= 0.6 is 0 Å². The fourth-order valence-corrected chi connectivity index (χ4v) is 3.76. The van der Waals surface area contributed by atoms with E-state index < -0.39 is 18.7 Å². The van der Waals surface area contributed by atoms with Gasteiger partial charge in [0.2, 0.25) is 0 Å². The molecule has 0 saturated carbocycles. The average Bonchev–Trinajstić information content (AvgIpc) is 3.35. The zero-order chi connectivity index (χ0) is 24.1. The van der Waals surface area contributed by atoms with E-state index in [9.17, 15) is 14.4 Å². The van der Waals surface area contributed by atoms with Crippen molar-refractivity contribution < 1.29 is 23.1 Å². The van der Waals surface area contributed by atoms with E-state index in [0.29, 0.717) is 28.0 Å². The fraction of sp³-hybridized carbons (Fsp3) is 0.185. The lowest BCUT2D eigenvalue weighted by molar-refractivity contribution is -0.139. The molecule has 34 heavy (non-hydrogen) atoms. The van der Waals surface area contributed by atoms with Crippen molar-refractivity contribution in [2.45, 2.75) is 19.1 Å². The second-order valence-electron chi connectivity index (χ2n) is 7.84. The minimum Gasteiger partial charge on any atom is -0.489 e. The molecule has 0 amide bonds. The maximum atomic E-state index is 13.1. The van der Waals surface area contributed by atoms with Gasteiger partial charge < -0.3 is 19.6 Å². The Balaban J connectivity index is 1.68. The Kier molecular flexibility index (Phi) is 6.90. The molecule has 4 rings (SSSR count). The molecule has 2 N–H and O–H groups in total. The topological polar surface area (TPSA) is 98.5 Å². The summed E-state index contributed by atoms with van der Waals surface area (Å²) in [4.78, 5) is 11.8. The molecular formula is C27H23FN2O4. The molecule has 7 heteroatoms. The van der Waals surface area contributed by atoms with Gasteiger partial charge in [0.15, 0.2) is 0 Å². The van der Waals surface area contributed by atoms with Gasteiger partial charge in [-0.1, -0.05) is 24.3 Å². The second-order valence-corrected chi connectivity index (χ2v) is 7.84. The van der Waals surface area contributed by atoms with Crippen molar-refractivity contribution in [3.05, 3.63) is 89.2 Å². The predicted molar refractivity (Wildman–Crippen MR) is 126 cm³/mol. The van der Waals surface area contributed by atoms with Crippen molar-refractivity contribution in [3.8, 4) is 22.9 Å². The fourth-order valence-electron chi connectivity index (χ4n) is 3.76. The lowest BCUT2D eigenvalue weighted by atomic mass is 9.97.